The van der Waals surface area contributed by atoms with Gasteiger partial charge in [0.05, 0.1) is 10.6 Å². The predicted molar refractivity (Wildman–Crippen MR) is 138 cm³/mol. The number of thioether (sulfide) groups is 1. The predicted octanol–water partition coefficient (Wildman–Crippen LogP) is 4.04. The summed E-state index contributed by atoms with van der Waals surface area (Å²) in [6.45, 7) is 4.58. The standard InChI is InChI=1S/C23H21ClN4O5S2/c1-13-5-4-6-14(2)19(13)33-10-9-32-18-8-7-15(12-17(18)24)11-16-20(25)28-22(26-21(16)29)34-23(27-28)35(3,30)31/h4-8,11-12,25H,9-10H2,1-3H3/b16-11-,25-20?. The third kappa shape index (κ3) is 5.42. The lowest BCUT2D eigenvalue weighted by Crippen LogP contribution is -2.35. The molecule has 0 saturated heterocycles. The molecule has 0 aliphatic carbocycles. The number of ether oxygens (including phenoxy) is 2. The first kappa shape index (κ1) is 25.0. The number of carbonyl (C=O) groups is 1. The molecule has 182 valence electrons. The molecule has 0 aromatic heterocycles. The lowest BCUT2D eigenvalue weighted by molar-refractivity contribution is -0.114. The van der Waals surface area contributed by atoms with Crippen LogP contribution in [0.1, 0.15) is 16.7 Å². The van der Waals surface area contributed by atoms with Crippen molar-refractivity contribution in [2.45, 2.75) is 13.8 Å². The number of para-hydroxylation sites is 1. The lowest BCUT2D eigenvalue weighted by Gasteiger charge is -2.20. The average molecular weight is 533 g/mol. The number of carbonyl (C=O) groups excluding carboxylic acids is 1. The molecular formula is C23H21ClN4O5S2. The molecule has 0 saturated carbocycles. The van der Waals surface area contributed by atoms with Gasteiger partial charge in [0.25, 0.3) is 5.91 Å². The van der Waals surface area contributed by atoms with E-state index in [4.69, 9.17) is 26.5 Å². The van der Waals surface area contributed by atoms with Crippen LogP contribution in [-0.2, 0) is 14.6 Å². The van der Waals surface area contributed by atoms with Gasteiger partial charge in [-0.1, -0.05) is 35.9 Å². The fourth-order valence-electron chi connectivity index (χ4n) is 3.34. The van der Waals surface area contributed by atoms with Crippen LogP contribution < -0.4 is 9.47 Å². The fourth-order valence-corrected chi connectivity index (χ4v) is 5.27. The van der Waals surface area contributed by atoms with Gasteiger partial charge in [0.1, 0.15) is 24.7 Å². The van der Waals surface area contributed by atoms with Crippen LogP contribution in [0.25, 0.3) is 6.08 Å². The molecule has 1 N–H and O–H groups in total. The molecule has 0 fully saturated rings. The minimum Gasteiger partial charge on any atom is -0.489 e. The molecule has 2 aliphatic rings. The van der Waals surface area contributed by atoms with Crippen molar-refractivity contribution in [2.24, 2.45) is 10.1 Å². The van der Waals surface area contributed by atoms with Crippen molar-refractivity contribution in [2.75, 3.05) is 19.5 Å². The number of hydrogen-bond acceptors (Lipinski definition) is 8. The summed E-state index contributed by atoms with van der Waals surface area (Å²) >= 11 is 7.09. The number of benzene rings is 2. The summed E-state index contributed by atoms with van der Waals surface area (Å²) in [5.41, 5.74) is 2.59. The van der Waals surface area contributed by atoms with Crippen molar-refractivity contribution in [1.82, 2.24) is 5.01 Å². The Hall–Kier alpha value is -3.15. The van der Waals surface area contributed by atoms with E-state index in [2.05, 4.69) is 10.1 Å². The topological polar surface area (TPSA) is 121 Å². The molecular weight excluding hydrogens is 512 g/mol. The van der Waals surface area contributed by atoms with Crippen LogP contribution in [0.2, 0.25) is 5.02 Å². The number of nitrogens with zero attached hydrogens (tertiary/aromatic N) is 3. The van der Waals surface area contributed by atoms with E-state index in [1.54, 1.807) is 18.2 Å². The summed E-state index contributed by atoms with van der Waals surface area (Å²) in [6, 6.07) is 10.9. The van der Waals surface area contributed by atoms with Crippen molar-refractivity contribution >= 4 is 60.6 Å². The number of sulfone groups is 1. The van der Waals surface area contributed by atoms with Gasteiger partial charge >= 0.3 is 0 Å². The number of rotatable bonds is 6. The number of aliphatic imine (C=N–C) groups is 1. The summed E-state index contributed by atoms with van der Waals surface area (Å²) in [4.78, 5) is 16.4. The molecule has 2 aromatic rings. The number of hydrogen-bond donors (Lipinski definition) is 1. The fraction of sp³-hybridized carbons (Fsp3) is 0.217. The van der Waals surface area contributed by atoms with Crippen molar-refractivity contribution in [3.8, 4) is 11.5 Å². The number of aryl methyl sites for hydroxylation is 2. The molecule has 1 amide bonds. The van der Waals surface area contributed by atoms with E-state index in [9.17, 15) is 13.2 Å². The van der Waals surface area contributed by atoms with E-state index < -0.39 is 15.7 Å². The van der Waals surface area contributed by atoms with Gasteiger partial charge in [0.2, 0.25) is 19.4 Å². The molecule has 0 atom stereocenters. The van der Waals surface area contributed by atoms with Crippen molar-refractivity contribution in [1.29, 1.82) is 5.41 Å². The Morgan fingerprint density at radius 3 is 2.49 bits per heavy atom. The molecule has 0 unspecified atom stereocenters. The molecule has 12 heteroatoms. The number of amidine groups is 2. The van der Waals surface area contributed by atoms with E-state index in [-0.39, 0.29) is 27.6 Å². The minimum atomic E-state index is -3.60. The van der Waals surface area contributed by atoms with E-state index in [0.717, 1.165) is 39.9 Å². The Balaban J connectivity index is 1.44. The number of amides is 1. The van der Waals surface area contributed by atoms with Crippen LogP contribution in [0.4, 0.5) is 0 Å². The van der Waals surface area contributed by atoms with Gasteiger partial charge in [-0.3, -0.25) is 10.2 Å². The highest BCUT2D eigenvalue weighted by Crippen LogP contribution is 2.31. The molecule has 2 heterocycles. The smallest absolute Gasteiger partial charge is 0.283 e. The summed E-state index contributed by atoms with van der Waals surface area (Å²) in [5.74, 6) is 0.339. The highest BCUT2D eigenvalue weighted by atomic mass is 35.5. The Kier molecular flexibility index (Phi) is 7.02. The summed E-state index contributed by atoms with van der Waals surface area (Å²) < 4.78 is 34.9. The average Bonchev–Trinajstić information content (AvgIpc) is 3.22. The maximum Gasteiger partial charge on any atom is 0.283 e. The van der Waals surface area contributed by atoms with Gasteiger partial charge in [-0.15, -0.1) is 5.10 Å². The van der Waals surface area contributed by atoms with Crippen LogP contribution in [0.5, 0.6) is 11.5 Å². The Morgan fingerprint density at radius 1 is 1.14 bits per heavy atom. The Bertz CT molecular complexity index is 1410. The molecule has 0 bridgehead atoms. The SMILES string of the molecule is Cc1cccc(C)c1OCCOc1ccc(/C=C2/C(=N)N3N=C(S(C)(=O)=O)SC3=NC2=O)cc1Cl. The van der Waals surface area contributed by atoms with Crippen molar-refractivity contribution < 1.29 is 22.7 Å². The first-order valence-corrected chi connectivity index (χ1v) is 13.4. The van der Waals surface area contributed by atoms with Crippen LogP contribution in [0.15, 0.2) is 52.1 Å². The highest BCUT2D eigenvalue weighted by molar-refractivity contribution is 8.42. The lowest BCUT2D eigenvalue weighted by atomic mass is 10.1. The van der Waals surface area contributed by atoms with Gasteiger partial charge in [-0.25, -0.2) is 8.42 Å². The zero-order valence-electron chi connectivity index (χ0n) is 19.0. The van der Waals surface area contributed by atoms with E-state index in [0.29, 0.717) is 22.9 Å². The third-order valence-corrected chi connectivity index (χ3v) is 7.89. The van der Waals surface area contributed by atoms with Crippen molar-refractivity contribution in [3.05, 3.63) is 63.7 Å². The first-order chi connectivity index (χ1) is 16.5. The van der Waals surface area contributed by atoms with E-state index in [1.807, 2.05) is 32.0 Å². The second-order valence-electron chi connectivity index (χ2n) is 7.77. The van der Waals surface area contributed by atoms with Gasteiger partial charge in [-0.2, -0.15) is 10.0 Å². The number of nitrogens with one attached hydrogen (secondary N) is 1. The van der Waals surface area contributed by atoms with Gasteiger partial charge in [0.15, 0.2) is 5.84 Å². The van der Waals surface area contributed by atoms with Crippen LogP contribution >= 0.6 is 23.4 Å². The molecule has 2 aliphatic heterocycles. The van der Waals surface area contributed by atoms with Gasteiger partial charge in [0, 0.05) is 6.26 Å². The molecule has 9 nitrogen and oxygen atoms in total. The molecule has 35 heavy (non-hydrogen) atoms. The number of hydrazone groups is 1. The van der Waals surface area contributed by atoms with Crippen LogP contribution in [-0.4, -0.2) is 54.2 Å². The largest absolute Gasteiger partial charge is 0.489 e. The van der Waals surface area contributed by atoms with Crippen LogP contribution in [0.3, 0.4) is 0 Å². The molecule has 0 spiro atoms. The molecule has 2 aromatic carbocycles. The monoisotopic (exact) mass is 532 g/mol. The third-order valence-electron chi connectivity index (χ3n) is 5.02. The minimum absolute atomic E-state index is 0.0301. The molecule has 0 radical (unpaired) electrons. The quantitative estimate of drug-likeness (QED) is 0.440. The Morgan fingerprint density at radius 2 is 1.83 bits per heavy atom. The zero-order chi connectivity index (χ0) is 25.3. The summed E-state index contributed by atoms with van der Waals surface area (Å²) in [6.07, 6.45) is 2.45. The first-order valence-electron chi connectivity index (χ1n) is 10.4. The van der Waals surface area contributed by atoms with Crippen LogP contribution in [0, 0.1) is 19.3 Å². The van der Waals surface area contributed by atoms with Gasteiger partial charge < -0.3 is 9.47 Å². The Labute approximate surface area is 211 Å². The normalized spacial score (nSPS) is 16.8. The second kappa shape index (κ2) is 9.84. The van der Waals surface area contributed by atoms with Crippen molar-refractivity contribution in [3.63, 3.8) is 0 Å². The maximum absolute atomic E-state index is 12.5. The summed E-state index contributed by atoms with van der Waals surface area (Å²) in [7, 11) is -3.60. The summed E-state index contributed by atoms with van der Waals surface area (Å²) in [5, 5.41) is 13.6. The highest BCUT2D eigenvalue weighted by Gasteiger charge is 2.38. The van der Waals surface area contributed by atoms with E-state index >= 15 is 0 Å². The maximum atomic E-state index is 12.5. The second-order valence-corrected chi connectivity index (χ2v) is 11.3. The van der Waals surface area contributed by atoms with Gasteiger partial charge in [-0.05, 0) is 60.5 Å². The van der Waals surface area contributed by atoms with E-state index in [1.165, 1.54) is 6.08 Å². The number of fused-ring (bicyclic) bond motifs is 1. The zero-order valence-corrected chi connectivity index (χ0v) is 21.4. The number of halogens is 1. The molecule has 4 rings (SSSR count).